The molecular weight excluding hydrogens is 273 g/mol. The Morgan fingerprint density at radius 2 is 2.24 bits per heavy atom. The summed E-state index contributed by atoms with van der Waals surface area (Å²) >= 11 is 0. The minimum Gasteiger partial charge on any atom is -0.384 e. The van der Waals surface area contributed by atoms with E-state index in [2.05, 4.69) is 27.1 Å². The third-order valence-electron chi connectivity index (χ3n) is 2.60. The Kier molecular flexibility index (Phi) is 4.96. The molecule has 2 aromatic rings. The summed E-state index contributed by atoms with van der Waals surface area (Å²) in [6, 6.07) is 5.38. The molecule has 1 amide bonds. The summed E-state index contributed by atoms with van der Waals surface area (Å²) in [7, 11) is 0. The van der Waals surface area contributed by atoms with Gasteiger partial charge in [0, 0.05) is 11.8 Å². The first-order chi connectivity index (χ1) is 10.2. The van der Waals surface area contributed by atoms with E-state index in [-0.39, 0.29) is 18.7 Å². The molecule has 0 saturated carbocycles. The van der Waals surface area contributed by atoms with Crippen molar-refractivity contribution < 1.29 is 14.3 Å². The maximum atomic E-state index is 13.3. The van der Waals surface area contributed by atoms with Crippen LogP contribution in [0.2, 0.25) is 0 Å². The molecule has 1 aromatic heterocycles. The Hall–Kier alpha value is -2.78. The molecule has 6 heteroatoms. The third-order valence-corrected chi connectivity index (χ3v) is 2.60. The van der Waals surface area contributed by atoms with Crippen LogP contribution >= 0.6 is 0 Å². The molecular formula is C15H12FN3O2. The fourth-order valence-electron chi connectivity index (χ4n) is 1.64. The number of amides is 1. The molecule has 21 heavy (non-hydrogen) atoms. The topological polar surface area (TPSA) is 75.1 Å². The van der Waals surface area contributed by atoms with Gasteiger partial charge >= 0.3 is 0 Å². The summed E-state index contributed by atoms with van der Waals surface area (Å²) in [4.78, 5) is 19.9. The molecule has 1 aromatic carbocycles. The van der Waals surface area contributed by atoms with E-state index in [0.717, 1.165) is 6.07 Å². The summed E-state index contributed by atoms with van der Waals surface area (Å²) in [5.41, 5.74) is 1.10. The first kappa shape index (κ1) is 14.6. The monoisotopic (exact) mass is 285 g/mol. The highest BCUT2D eigenvalue weighted by Gasteiger charge is 2.11. The molecule has 0 aliphatic heterocycles. The predicted octanol–water partition coefficient (Wildman–Crippen LogP) is 0.889. The van der Waals surface area contributed by atoms with E-state index < -0.39 is 11.7 Å². The fraction of sp³-hybridized carbons (Fsp3) is 0.133. The minimum absolute atomic E-state index is 0.116. The Balaban J connectivity index is 2.16. The van der Waals surface area contributed by atoms with Gasteiger partial charge in [0.2, 0.25) is 0 Å². The van der Waals surface area contributed by atoms with E-state index in [1.807, 2.05) is 0 Å². The van der Waals surface area contributed by atoms with E-state index in [1.54, 1.807) is 12.3 Å². The summed E-state index contributed by atoms with van der Waals surface area (Å²) in [6.07, 6.45) is 2.94. The quantitative estimate of drug-likeness (QED) is 0.821. The van der Waals surface area contributed by atoms with Crippen LogP contribution in [0.5, 0.6) is 0 Å². The van der Waals surface area contributed by atoms with E-state index in [9.17, 15) is 9.18 Å². The zero-order chi connectivity index (χ0) is 15.1. The number of carbonyl (C=O) groups is 1. The number of aromatic nitrogens is 2. The van der Waals surface area contributed by atoms with Gasteiger partial charge in [0.05, 0.1) is 17.8 Å². The number of rotatable bonds is 3. The Morgan fingerprint density at radius 3 is 2.95 bits per heavy atom. The van der Waals surface area contributed by atoms with Gasteiger partial charge in [-0.25, -0.2) is 14.4 Å². The number of hydrogen-bond acceptors (Lipinski definition) is 4. The number of halogens is 1. The third kappa shape index (κ3) is 4.09. The molecule has 0 fully saturated rings. The fourth-order valence-corrected chi connectivity index (χ4v) is 1.64. The van der Waals surface area contributed by atoms with Crippen LogP contribution in [0.4, 0.5) is 4.39 Å². The summed E-state index contributed by atoms with van der Waals surface area (Å²) in [5, 5.41) is 11.3. The van der Waals surface area contributed by atoms with Gasteiger partial charge in [0.25, 0.3) is 5.91 Å². The van der Waals surface area contributed by atoms with Crippen molar-refractivity contribution in [1.29, 1.82) is 0 Å². The van der Waals surface area contributed by atoms with E-state index >= 15 is 0 Å². The number of aliphatic hydroxyl groups is 1. The lowest BCUT2D eigenvalue weighted by Crippen LogP contribution is -2.24. The van der Waals surface area contributed by atoms with Gasteiger partial charge in [-0.1, -0.05) is 11.8 Å². The smallest absolute Gasteiger partial charge is 0.252 e. The molecule has 0 atom stereocenters. The van der Waals surface area contributed by atoms with E-state index in [4.69, 9.17) is 5.11 Å². The zero-order valence-electron chi connectivity index (χ0n) is 11.0. The van der Waals surface area contributed by atoms with Crippen LogP contribution in [-0.2, 0) is 6.54 Å². The van der Waals surface area contributed by atoms with Gasteiger partial charge in [-0.15, -0.1) is 0 Å². The minimum atomic E-state index is -0.531. The van der Waals surface area contributed by atoms with Crippen LogP contribution < -0.4 is 5.32 Å². The first-order valence-electron chi connectivity index (χ1n) is 6.13. The van der Waals surface area contributed by atoms with Gasteiger partial charge < -0.3 is 10.4 Å². The van der Waals surface area contributed by atoms with Crippen LogP contribution in [0.1, 0.15) is 21.6 Å². The normalized spacial score (nSPS) is 9.62. The highest BCUT2D eigenvalue weighted by atomic mass is 19.1. The molecule has 0 radical (unpaired) electrons. The van der Waals surface area contributed by atoms with E-state index in [1.165, 1.54) is 18.5 Å². The van der Waals surface area contributed by atoms with Crippen molar-refractivity contribution in [2.45, 2.75) is 6.54 Å². The molecule has 0 aliphatic carbocycles. The van der Waals surface area contributed by atoms with Gasteiger partial charge in [-0.05, 0) is 24.3 Å². The molecule has 0 saturated heterocycles. The number of nitrogens with one attached hydrogen (secondary N) is 1. The van der Waals surface area contributed by atoms with Crippen molar-refractivity contribution in [2.75, 3.05) is 6.61 Å². The number of aliphatic hydroxyl groups excluding tert-OH is 1. The SMILES string of the molecule is O=C(NCc1ccncn1)c1cc(F)ccc1C#CCO. The molecule has 106 valence electrons. The Bertz CT molecular complexity index is 693. The van der Waals surface area contributed by atoms with Crippen molar-refractivity contribution in [1.82, 2.24) is 15.3 Å². The molecule has 0 bridgehead atoms. The lowest BCUT2D eigenvalue weighted by molar-refractivity contribution is 0.0949. The Morgan fingerprint density at radius 1 is 1.38 bits per heavy atom. The Labute approximate surface area is 120 Å². The highest BCUT2D eigenvalue weighted by molar-refractivity contribution is 5.96. The second kappa shape index (κ2) is 7.12. The van der Waals surface area contributed by atoms with E-state index in [0.29, 0.717) is 11.3 Å². The molecule has 0 spiro atoms. The second-order valence-electron chi connectivity index (χ2n) is 4.03. The van der Waals surface area contributed by atoms with Crippen molar-refractivity contribution in [3.05, 3.63) is 59.4 Å². The maximum absolute atomic E-state index is 13.3. The standard InChI is InChI=1S/C15H12FN3O2/c16-12-4-3-11(2-1-7-20)14(8-12)15(21)18-9-13-5-6-17-10-19-13/h3-6,8,10,20H,7,9H2,(H,18,21). The van der Waals surface area contributed by atoms with Gasteiger partial charge in [0.1, 0.15) is 18.8 Å². The zero-order valence-corrected chi connectivity index (χ0v) is 11.0. The van der Waals surface area contributed by atoms with Crippen LogP contribution in [0.3, 0.4) is 0 Å². The largest absolute Gasteiger partial charge is 0.384 e. The number of nitrogens with zero attached hydrogens (tertiary/aromatic N) is 2. The van der Waals surface area contributed by atoms with Crippen molar-refractivity contribution >= 4 is 5.91 Å². The number of carbonyl (C=O) groups excluding carboxylic acids is 1. The van der Waals surface area contributed by atoms with Gasteiger partial charge in [0.15, 0.2) is 0 Å². The molecule has 0 unspecified atom stereocenters. The molecule has 2 rings (SSSR count). The van der Waals surface area contributed by atoms with Crippen molar-refractivity contribution in [3.63, 3.8) is 0 Å². The number of hydrogen-bond donors (Lipinski definition) is 2. The lowest BCUT2D eigenvalue weighted by atomic mass is 10.1. The summed E-state index contributed by atoms with van der Waals surface area (Å²) in [5.74, 6) is 4.06. The maximum Gasteiger partial charge on any atom is 0.252 e. The summed E-state index contributed by atoms with van der Waals surface area (Å²) < 4.78 is 13.3. The average Bonchev–Trinajstić information content (AvgIpc) is 2.52. The van der Waals surface area contributed by atoms with Crippen LogP contribution in [0.25, 0.3) is 0 Å². The molecule has 2 N–H and O–H groups in total. The van der Waals surface area contributed by atoms with Crippen LogP contribution in [-0.4, -0.2) is 27.6 Å². The predicted molar refractivity (Wildman–Crippen MR) is 73.6 cm³/mol. The average molecular weight is 285 g/mol. The second-order valence-corrected chi connectivity index (χ2v) is 4.03. The van der Waals surface area contributed by atoms with Gasteiger partial charge in [-0.2, -0.15) is 0 Å². The van der Waals surface area contributed by atoms with Crippen LogP contribution in [0.15, 0.2) is 36.8 Å². The first-order valence-corrected chi connectivity index (χ1v) is 6.13. The highest BCUT2D eigenvalue weighted by Crippen LogP contribution is 2.10. The molecule has 5 nitrogen and oxygen atoms in total. The van der Waals surface area contributed by atoms with Crippen molar-refractivity contribution in [3.8, 4) is 11.8 Å². The molecule has 1 heterocycles. The number of benzene rings is 1. The van der Waals surface area contributed by atoms with Crippen LogP contribution in [0, 0.1) is 17.7 Å². The summed E-state index contributed by atoms with van der Waals surface area (Å²) in [6.45, 7) is -0.135. The molecule has 0 aliphatic rings. The van der Waals surface area contributed by atoms with Gasteiger partial charge in [-0.3, -0.25) is 4.79 Å². The van der Waals surface area contributed by atoms with Crippen molar-refractivity contribution in [2.24, 2.45) is 0 Å². The lowest BCUT2D eigenvalue weighted by Gasteiger charge is -2.07.